The molecule has 2 aliphatic rings. The normalized spacial score (nSPS) is 34.2. The van der Waals surface area contributed by atoms with E-state index in [9.17, 15) is 9.90 Å². The molecule has 19 heavy (non-hydrogen) atoms. The SMILES string of the molecule is CN(CC1(O)CCOCC1)C(=O)C1(C)CCCC1N. The lowest BCUT2D eigenvalue weighted by atomic mass is 9.83. The molecule has 2 rings (SSSR count). The van der Waals surface area contributed by atoms with Crippen LogP contribution in [-0.4, -0.2) is 54.4 Å². The second-order valence-electron chi connectivity index (χ2n) is 6.41. The number of rotatable bonds is 3. The average Bonchev–Trinajstić information content (AvgIpc) is 2.70. The zero-order valence-electron chi connectivity index (χ0n) is 12.0. The zero-order valence-corrected chi connectivity index (χ0v) is 12.0. The number of hydrogen-bond acceptors (Lipinski definition) is 4. The molecule has 5 nitrogen and oxygen atoms in total. The van der Waals surface area contributed by atoms with Crippen LogP contribution in [0.1, 0.15) is 39.0 Å². The predicted octanol–water partition coefficient (Wildman–Crippen LogP) is 0.504. The van der Waals surface area contributed by atoms with Crippen LogP contribution in [0.5, 0.6) is 0 Å². The van der Waals surface area contributed by atoms with Gasteiger partial charge in [-0.2, -0.15) is 0 Å². The van der Waals surface area contributed by atoms with Crippen LogP contribution < -0.4 is 5.73 Å². The fourth-order valence-electron chi connectivity index (χ4n) is 3.32. The van der Waals surface area contributed by atoms with Crippen LogP contribution in [-0.2, 0) is 9.53 Å². The number of nitrogens with zero attached hydrogens (tertiary/aromatic N) is 1. The van der Waals surface area contributed by atoms with E-state index in [4.69, 9.17) is 10.5 Å². The molecule has 0 aromatic heterocycles. The predicted molar refractivity (Wildman–Crippen MR) is 72.6 cm³/mol. The minimum absolute atomic E-state index is 0.0632. The van der Waals surface area contributed by atoms with Crippen molar-refractivity contribution >= 4 is 5.91 Å². The molecule has 110 valence electrons. The summed E-state index contributed by atoms with van der Waals surface area (Å²) in [6.07, 6.45) is 3.95. The Kier molecular flexibility index (Phi) is 4.18. The molecule has 1 saturated carbocycles. The third-order valence-electron chi connectivity index (χ3n) is 4.82. The number of nitrogens with two attached hydrogens (primary N) is 1. The Balaban J connectivity index is 1.99. The first kappa shape index (κ1) is 14.8. The van der Waals surface area contributed by atoms with Crippen molar-refractivity contribution in [2.24, 2.45) is 11.1 Å². The van der Waals surface area contributed by atoms with Gasteiger partial charge >= 0.3 is 0 Å². The molecule has 0 aromatic rings. The second kappa shape index (κ2) is 5.38. The number of hydrogen-bond donors (Lipinski definition) is 2. The van der Waals surface area contributed by atoms with E-state index in [-0.39, 0.29) is 11.9 Å². The molecule has 0 radical (unpaired) electrons. The standard InChI is InChI=1S/C14H26N2O3/c1-13(5-3-4-11(13)15)12(17)16(2)10-14(18)6-8-19-9-7-14/h11,18H,3-10,15H2,1-2H3. The maximum Gasteiger partial charge on any atom is 0.229 e. The van der Waals surface area contributed by atoms with E-state index in [0.717, 1.165) is 19.3 Å². The third-order valence-corrected chi connectivity index (χ3v) is 4.82. The number of carbonyl (C=O) groups is 1. The first-order valence-electron chi connectivity index (χ1n) is 7.19. The molecule has 1 amide bonds. The van der Waals surface area contributed by atoms with Gasteiger partial charge in [0.25, 0.3) is 0 Å². The van der Waals surface area contributed by atoms with Crippen molar-refractivity contribution in [2.75, 3.05) is 26.8 Å². The van der Waals surface area contributed by atoms with Gasteiger partial charge in [0.2, 0.25) is 5.91 Å². The molecule has 1 aliphatic carbocycles. The molecule has 0 spiro atoms. The fraction of sp³-hybridized carbons (Fsp3) is 0.929. The van der Waals surface area contributed by atoms with Crippen molar-refractivity contribution < 1.29 is 14.6 Å². The van der Waals surface area contributed by atoms with Gasteiger partial charge in [0, 0.05) is 45.7 Å². The van der Waals surface area contributed by atoms with Crippen LogP contribution >= 0.6 is 0 Å². The maximum absolute atomic E-state index is 12.6. The van der Waals surface area contributed by atoms with Gasteiger partial charge in [-0.3, -0.25) is 4.79 Å². The van der Waals surface area contributed by atoms with E-state index in [1.165, 1.54) is 0 Å². The minimum atomic E-state index is -0.804. The monoisotopic (exact) mass is 270 g/mol. The molecule has 5 heteroatoms. The van der Waals surface area contributed by atoms with Gasteiger partial charge in [0.15, 0.2) is 0 Å². The lowest BCUT2D eigenvalue weighted by molar-refractivity contribution is -0.146. The van der Waals surface area contributed by atoms with Gasteiger partial charge in [-0.05, 0) is 19.8 Å². The molecule has 3 N–H and O–H groups in total. The molecular weight excluding hydrogens is 244 g/mol. The van der Waals surface area contributed by atoms with Gasteiger partial charge in [-0.15, -0.1) is 0 Å². The van der Waals surface area contributed by atoms with Gasteiger partial charge in [0.05, 0.1) is 11.0 Å². The smallest absolute Gasteiger partial charge is 0.229 e. The van der Waals surface area contributed by atoms with Gasteiger partial charge < -0.3 is 20.5 Å². The minimum Gasteiger partial charge on any atom is -0.388 e. The Labute approximate surface area is 115 Å². The largest absolute Gasteiger partial charge is 0.388 e. The van der Waals surface area contributed by atoms with Crippen molar-refractivity contribution in [1.82, 2.24) is 4.90 Å². The highest BCUT2D eigenvalue weighted by molar-refractivity contribution is 5.83. The Morgan fingerprint density at radius 2 is 2.05 bits per heavy atom. The summed E-state index contributed by atoms with van der Waals surface area (Å²) in [7, 11) is 1.77. The second-order valence-corrected chi connectivity index (χ2v) is 6.41. The van der Waals surface area contributed by atoms with Crippen molar-refractivity contribution in [3.8, 4) is 0 Å². The number of likely N-dealkylation sites (N-methyl/N-ethyl adjacent to an activating group) is 1. The Hall–Kier alpha value is -0.650. The molecular formula is C14H26N2O3. The topological polar surface area (TPSA) is 75.8 Å². The van der Waals surface area contributed by atoms with Gasteiger partial charge in [-0.1, -0.05) is 6.42 Å². The maximum atomic E-state index is 12.6. The fourth-order valence-corrected chi connectivity index (χ4v) is 3.32. The summed E-state index contributed by atoms with van der Waals surface area (Å²) in [5.41, 5.74) is 4.82. The van der Waals surface area contributed by atoms with E-state index in [2.05, 4.69) is 0 Å². The number of ether oxygens (including phenoxy) is 1. The number of amides is 1. The Bertz CT molecular complexity index is 342. The molecule has 2 atom stereocenters. The molecule has 0 bridgehead atoms. The van der Waals surface area contributed by atoms with Crippen LogP contribution in [0.3, 0.4) is 0 Å². The van der Waals surface area contributed by atoms with Crippen molar-refractivity contribution in [3.05, 3.63) is 0 Å². The molecule has 2 fully saturated rings. The van der Waals surface area contributed by atoms with Crippen LogP contribution in [0, 0.1) is 5.41 Å². The summed E-state index contributed by atoms with van der Waals surface area (Å²) in [5, 5.41) is 10.5. The molecule has 1 heterocycles. The van der Waals surface area contributed by atoms with Crippen molar-refractivity contribution in [2.45, 2.75) is 50.7 Å². The van der Waals surface area contributed by atoms with Crippen LogP contribution in [0.25, 0.3) is 0 Å². The molecule has 2 unspecified atom stereocenters. The third kappa shape index (κ3) is 2.93. The molecule has 1 aliphatic heterocycles. The number of carbonyl (C=O) groups excluding carboxylic acids is 1. The van der Waals surface area contributed by atoms with Crippen molar-refractivity contribution in [3.63, 3.8) is 0 Å². The van der Waals surface area contributed by atoms with E-state index >= 15 is 0 Å². The first-order valence-corrected chi connectivity index (χ1v) is 7.19. The highest BCUT2D eigenvalue weighted by Gasteiger charge is 2.45. The molecule has 0 aromatic carbocycles. The summed E-state index contributed by atoms with van der Waals surface area (Å²) < 4.78 is 5.26. The summed E-state index contributed by atoms with van der Waals surface area (Å²) in [4.78, 5) is 14.3. The Morgan fingerprint density at radius 1 is 1.42 bits per heavy atom. The van der Waals surface area contributed by atoms with Gasteiger partial charge in [-0.25, -0.2) is 0 Å². The summed E-state index contributed by atoms with van der Waals surface area (Å²) in [6, 6.07) is -0.0632. The Morgan fingerprint density at radius 3 is 2.58 bits per heavy atom. The van der Waals surface area contributed by atoms with Crippen LogP contribution in [0.2, 0.25) is 0 Å². The average molecular weight is 270 g/mol. The molecule has 1 saturated heterocycles. The quantitative estimate of drug-likeness (QED) is 0.783. The summed E-state index contributed by atoms with van der Waals surface area (Å²) >= 11 is 0. The van der Waals surface area contributed by atoms with E-state index in [0.29, 0.717) is 32.6 Å². The highest BCUT2D eigenvalue weighted by atomic mass is 16.5. The van der Waals surface area contributed by atoms with E-state index < -0.39 is 11.0 Å². The van der Waals surface area contributed by atoms with Crippen LogP contribution in [0.4, 0.5) is 0 Å². The zero-order chi connectivity index (χ0) is 14.1. The lowest BCUT2D eigenvalue weighted by Crippen LogP contribution is -2.53. The van der Waals surface area contributed by atoms with Crippen molar-refractivity contribution in [1.29, 1.82) is 0 Å². The summed E-state index contributed by atoms with van der Waals surface area (Å²) in [6.45, 7) is 3.46. The lowest BCUT2D eigenvalue weighted by Gasteiger charge is -2.39. The van der Waals surface area contributed by atoms with E-state index in [1.807, 2.05) is 6.92 Å². The highest BCUT2D eigenvalue weighted by Crippen LogP contribution is 2.38. The van der Waals surface area contributed by atoms with Gasteiger partial charge in [0.1, 0.15) is 0 Å². The number of aliphatic hydroxyl groups is 1. The first-order chi connectivity index (χ1) is 8.87. The van der Waals surface area contributed by atoms with E-state index in [1.54, 1.807) is 11.9 Å². The summed E-state index contributed by atoms with van der Waals surface area (Å²) in [5.74, 6) is 0.0671. The van der Waals surface area contributed by atoms with Crippen LogP contribution in [0.15, 0.2) is 0 Å².